The lowest BCUT2D eigenvalue weighted by atomic mass is 10.0. The van der Waals surface area contributed by atoms with E-state index in [1.807, 2.05) is 0 Å². The molecular weight excluding hydrogens is 299 g/mol. The lowest BCUT2D eigenvalue weighted by Gasteiger charge is -2.43. The van der Waals surface area contributed by atoms with E-state index in [0.717, 1.165) is 4.31 Å². The zero-order valence-electron chi connectivity index (χ0n) is 9.52. The molecule has 0 radical (unpaired) electrons. The molecule has 0 aromatic heterocycles. The van der Waals surface area contributed by atoms with Crippen molar-refractivity contribution in [2.45, 2.75) is 17.4 Å². The molecule has 0 atom stereocenters. The van der Waals surface area contributed by atoms with Crippen molar-refractivity contribution in [2.75, 3.05) is 18.8 Å². The van der Waals surface area contributed by atoms with Crippen LogP contribution in [0.2, 0.25) is 10.0 Å². The van der Waals surface area contributed by atoms with Gasteiger partial charge in [-0.3, -0.25) is 0 Å². The van der Waals surface area contributed by atoms with Crippen molar-refractivity contribution in [1.82, 2.24) is 4.31 Å². The van der Waals surface area contributed by atoms with Crippen LogP contribution in [0, 0.1) is 0 Å². The van der Waals surface area contributed by atoms with Gasteiger partial charge < -0.3 is 10.8 Å². The minimum absolute atomic E-state index is 0.000886. The quantitative estimate of drug-likeness (QED) is 0.807. The highest BCUT2D eigenvalue weighted by molar-refractivity contribution is 7.89. The topological polar surface area (TPSA) is 83.6 Å². The Balaban J connectivity index is 2.44. The van der Waals surface area contributed by atoms with Gasteiger partial charge in [-0.15, -0.1) is 0 Å². The summed E-state index contributed by atoms with van der Waals surface area (Å²) >= 11 is 11.6. The smallest absolute Gasteiger partial charge is 0.246 e. The third-order valence-corrected chi connectivity index (χ3v) is 5.21. The third kappa shape index (κ3) is 2.31. The molecule has 1 aliphatic rings. The molecule has 1 fully saturated rings. The van der Waals surface area contributed by atoms with E-state index < -0.39 is 15.6 Å². The number of nitrogens with two attached hydrogens (primary N) is 1. The van der Waals surface area contributed by atoms with Gasteiger partial charge in [-0.1, -0.05) is 23.2 Å². The highest BCUT2D eigenvalue weighted by Crippen LogP contribution is 2.36. The first-order valence-corrected chi connectivity index (χ1v) is 7.30. The Bertz CT molecular complexity index is 570. The van der Waals surface area contributed by atoms with Gasteiger partial charge in [0.2, 0.25) is 10.0 Å². The van der Waals surface area contributed by atoms with E-state index in [1.165, 1.54) is 12.1 Å². The minimum Gasteiger partial charge on any atom is -0.398 e. The highest BCUT2D eigenvalue weighted by Gasteiger charge is 2.45. The van der Waals surface area contributed by atoms with Crippen LogP contribution in [0.4, 0.5) is 5.69 Å². The molecular formula is C10H12Cl2N2O3S. The van der Waals surface area contributed by atoms with Crippen molar-refractivity contribution < 1.29 is 13.5 Å². The van der Waals surface area contributed by atoms with Crippen LogP contribution in [0.1, 0.15) is 6.92 Å². The van der Waals surface area contributed by atoms with Crippen molar-refractivity contribution in [3.63, 3.8) is 0 Å². The number of sulfonamides is 1. The van der Waals surface area contributed by atoms with Crippen LogP contribution in [0.3, 0.4) is 0 Å². The molecule has 0 unspecified atom stereocenters. The first-order chi connectivity index (χ1) is 8.13. The van der Waals surface area contributed by atoms with E-state index in [0.29, 0.717) is 0 Å². The number of hydrogen-bond donors (Lipinski definition) is 2. The summed E-state index contributed by atoms with van der Waals surface area (Å²) in [5, 5.41) is 9.83. The van der Waals surface area contributed by atoms with Gasteiger partial charge in [-0.25, -0.2) is 8.42 Å². The van der Waals surface area contributed by atoms with E-state index >= 15 is 0 Å². The lowest BCUT2D eigenvalue weighted by Crippen LogP contribution is -2.61. The molecule has 18 heavy (non-hydrogen) atoms. The number of rotatable bonds is 2. The maximum Gasteiger partial charge on any atom is 0.246 e. The Kier molecular flexibility index (Phi) is 3.28. The SMILES string of the molecule is CC1(O)CN(S(=O)(=O)c2c(N)cc(Cl)cc2Cl)C1. The molecule has 5 nitrogen and oxygen atoms in total. The molecule has 0 bridgehead atoms. The number of hydrogen-bond acceptors (Lipinski definition) is 4. The van der Waals surface area contributed by atoms with Crippen LogP contribution in [0.25, 0.3) is 0 Å². The minimum atomic E-state index is -3.79. The average molecular weight is 311 g/mol. The number of halogens is 2. The fourth-order valence-electron chi connectivity index (χ4n) is 1.86. The molecule has 0 amide bonds. The van der Waals surface area contributed by atoms with Gasteiger partial charge in [0, 0.05) is 18.1 Å². The standard InChI is InChI=1S/C10H12Cl2N2O3S/c1-10(15)4-14(5-10)18(16,17)9-7(12)2-6(11)3-8(9)13/h2-3,15H,4-5,13H2,1H3. The first-order valence-electron chi connectivity index (χ1n) is 5.10. The summed E-state index contributed by atoms with van der Waals surface area (Å²) in [6, 6.07) is 2.66. The summed E-state index contributed by atoms with van der Waals surface area (Å²) in [4.78, 5) is -0.163. The van der Waals surface area contributed by atoms with Gasteiger partial charge in [0.15, 0.2) is 0 Å². The summed E-state index contributed by atoms with van der Waals surface area (Å²) in [7, 11) is -3.79. The summed E-state index contributed by atoms with van der Waals surface area (Å²) in [5.41, 5.74) is 4.66. The molecule has 0 aliphatic carbocycles. The van der Waals surface area contributed by atoms with Crippen molar-refractivity contribution in [1.29, 1.82) is 0 Å². The molecule has 100 valence electrons. The van der Waals surface area contributed by atoms with Crippen LogP contribution in [0.5, 0.6) is 0 Å². The van der Waals surface area contributed by atoms with E-state index in [-0.39, 0.29) is 33.7 Å². The first kappa shape index (κ1) is 13.9. The zero-order chi connectivity index (χ0) is 13.7. The van der Waals surface area contributed by atoms with Crippen LogP contribution in [-0.4, -0.2) is 36.5 Å². The Morgan fingerprint density at radius 1 is 1.39 bits per heavy atom. The van der Waals surface area contributed by atoms with Gasteiger partial charge in [-0.2, -0.15) is 4.31 Å². The second kappa shape index (κ2) is 4.25. The summed E-state index contributed by atoms with van der Waals surface area (Å²) in [5.74, 6) is 0. The monoisotopic (exact) mass is 310 g/mol. The normalized spacial score (nSPS) is 19.6. The fourth-order valence-corrected chi connectivity index (χ4v) is 4.48. The molecule has 3 N–H and O–H groups in total. The van der Waals surface area contributed by atoms with E-state index in [1.54, 1.807) is 6.92 Å². The summed E-state index contributed by atoms with van der Waals surface area (Å²) in [6.45, 7) is 1.60. The van der Waals surface area contributed by atoms with E-state index in [9.17, 15) is 13.5 Å². The predicted octanol–water partition coefficient (Wildman–Crippen LogP) is 1.33. The highest BCUT2D eigenvalue weighted by atomic mass is 35.5. The zero-order valence-corrected chi connectivity index (χ0v) is 11.8. The average Bonchev–Trinajstić information content (AvgIpc) is 2.11. The number of nitrogen functional groups attached to an aromatic ring is 1. The molecule has 2 rings (SSSR count). The van der Waals surface area contributed by atoms with Gasteiger partial charge >= 0.3 is 0 Å². The van der Waals surface area contributed by atoms with Gasteiger partial charge in [0.1, 0.15) is 4.90 Å². The number of anilines is 1. The van der Waals surface area contributed by atoms with Crippen molar-refractivity contribution in [2.24, 2.45) is 0 Å². The molecule has 0 saturated carbocycles. The number of nitrogens with zero attached hydrogens (tertiary/aromatic N) is 1. The molecule has 1 saturated heterocycles. The Morgan fingerprint density at radius 3 is 2.39 bits per heavy atom. The lowest BCUT2D eigenvalue weighted by molar-refractivity contribution is -0.0426. The van der Waals surface area contributed by atoms with E-state index in [2.05, 4.69) is 0 Å². The fraction of sp³-hybridized carbons (Fsp3) is 0.400. The Hall–Kier alpha value is -0.530. The number of β-amino-alcohol motifs (C(OH)–C–C–N with tert-alkyl or cyclic N) is 1. The number of benzene rings is 1. The third-order valence-electron chi connectivity index (χ3n) is 2.67. The maximum atomic E-state index is 12.3. The van der Waals surface area contributed by atoms with Crippen LogP contribution >= 0.6 is 23.2 Å². The van der Waals surface area contributed by atoms with Gasteiger partial charge in [0.25, 0.3) is 0 Å². The molecule has 1 aromatic rings. The number of aliphatic hydroxyl groups is 1. The van der Waals surface area contributed by atoms with Gasteiger partial charge in [0.05, 0.1) is 16.3 Å². The predicted molar refractivity (Wildman–Crippen MR) is 70.3 cm³/mol. The van der Waals surface area contributed by atoms with Crippen molar-refractivity contribution in [3.05, 3.63) is 22.2 Å². The Morgan fingerprint density at radius 2 is 1.94 bits per heavy atom. The van der Waals surface area contributed by atoms with E-state index in [4.69, 9.17) is 28.9 Å². The van der Waals surface area contributed by atoms with Crippen molar-refractivity contribution >= 4 is 38.9 Å². The Labute approximate surface area is 115 Å². The molecule has 8 heteroatoms. The van der Waals surface area contributed by atoms with Gasteiger partial charge in [-0.05, 0) is 19.1 Å². The van der Waals surface area contributed by atoms with Crippen LogP contribution in [-0.2, 0) is 10.0 Å². The van der Waals surface area contributed by atoms with Crippen LogP contribution < -0.4 is 5.73 Å². The van der Waals surface area contributed by atoms with Crippen molar-refractivity contribution in [3.8, 4) is 0 Å². The van der Waals surface area contributed by atoms with Crippen LogP contribution in [0.15, 0.2) is 17.0 Å². The second-order valence-electron chi connectivity index (χ2n) is 4.58. The maximum absolute atomic E-state index is 12.3. The molecule has 1 heterocycles. The largest absolute Gasteiger partial charge is 0.398 e. The summed E-state index contributed by atoms with van der Waals surface area (Å²) in [6.07, 6.45) is 0. The molecule has 1 aliphatic heterocycles. The molecule has 1 aromatic carbocycles. The molecule has 0 spiro atoms. The second-order valence-corrected chi connectivity index (χ2v) is 7.29. The summed E-state index contributed by atoms with van der Waals surface area (Å²) < 4.78 is 25.6.